The maximum absolute atomic E-state index is 12.2. The number of rotatable bonds is 4. The summed E-state index contributed by atoms with van der Waals surface area (Å²) >= 11 is 5.89. The highest BCUT2D eigenvalue weighted by Gasteiger charge is 2.23. The molecule has 1 aliphatic rings. The molecule has 0 spiro atoms. The lowest BCUT2D eigenvalue weighted by Crippen LogP contribution is -2.41. The Morgan fingerprint density at radius 3 is 2.70 bits per heavy atom. The third-order valence-electron chi connectivity index (χ3n) is 3.66. The third-order valence-corrected chi connectivity index (χ3v) is 3.92. The second kappa shape index (κ2) is 8.50. The minimum absolute atomic E-state index is 0. The van der Waals surface area contributed by atoms with Crippen molar-refractivity contribution in [3.8, 4) is 0 Å². The topological polar surface area (TPSA) is 41.1 Å². The van der Waals surface area contributed by atoms with Gasteiger partial charge in [0.2, 0.25) is 5.91 Å². The number of nitrogens with one attached hydrogen (secondary N) is 2. The number of hydrogen-bond acceptors (Lipinski definition) is 2. The van der Waals surface area contributed by atoms with Crippen molar-refractivity contribution in [2.75, 3.05) is 13.1 Å². The van der Waals surface area contributed by atoms with Crippen molar-refractivity contribution < 1.29 is 4.79 Å². The molecule has 2 rings (SSSR count). The van der Waals surface area contributed by atoms with Crippen molar-refractivity contribution in [1.82, 2.24) is 10.6 Å². The number of piperidine rings is 1. The molecular formula is C15H22Cl2N2O. The Morgan fingerprint density at radius 2 is 2.15 bits per heavy atom. The average molecular weight is 317 g/mol. The SMILES string of the molecule is CCC(NC(=O)C1CCCNC1)c1ccc(Cl)cc1.Cl. The largest absolute Gasteiger partial charge is 0.349 e. The van der Waals surface area contributed by atoms with Gasteiger partial charge in [-0.1, -0.05) is 30.7 Å². The minimum atomic E-state index is 0. The summed E-state index contributed by atoms with van der Waals surface area (Å²) in [5, 5.41) is 7.15. The molecule has 2 atom stereocenters. The number of benzene rings is 1. The number of amides is 1. The van der Waals surface area contributed by atoms with Gasteiger partial charge in [-0.25, -0.2) is 0 Å². The number of carbonyl (C=O) groups excluding carboxylic acids is 1. The molecule has 2 N–H and O–H groups in total. The molecule has 1 amide bonds. The second-order valence-electron chi connectivity index (χ2n) is 5.06. The van der Waals surface area contributed by atoms with E-state index in [4.69, 9.17) is 11.6 Å². The zero-order valence-electron chi connectivity index (χ0n) is 11.7. The van der Waals surface area contributed by atoms with Crippen molar-refractivity contribution in [2.24, 2.45) is 5.92 Å². The zero-order valence-corrected chi connectivity index (χ0v) is 13.3. The Balaban J connectivity index is 0.00000200. The number of hydrogen-bond donors (Lipinski definition) is 2. The Kier molecular flexibility index (Phi) is 7.35. The Hall–Kier alpha value is -0.770. The van der Waals surface area contributed by atoms with Crippen LogP contribution in [0.5, 0.6) is 0 Å². The smallest absolute Gasteiger partial charge is 0.224 e. The van der Waals surface area contributed by atoms with Crippen molar-refractivity contribution in [2.45, 2.75) is 32.2 Å². The van der Waals surface area contributed by atoms with Crippen LogP contribution in [0.4, 0.5) is 0 Å². The van der Waals surface area contributed by atoms with Gasteiger partial charge in [0.15, 0.2) is 0 Å². The predicted molar refractivity (Wildman–Crippen MR) is 85.5 cm³/mol. The van der Waals surface area contributed by atoms with Crippen LogP contribution in [0.3, 0.4) is 0 Å². The predicted octanol–water partition coefficient (Wildman–Crippen LogP) is 3.33. The molecule has 2 unspecified atom stereocenters. The molecule has 3 nitrogen and oxygen atoms in total. The van der Waals surface area contributed by atoms with Crippen molar-refractivity contribution in [3.63, 3.8) is 0 Å². The Bertz CT molecular complexity index is 416. The summed E-state index contributed by atoms with van der Waals surface area (Å²) in [5.41, 5.74) is 1.11. The monoisotopic (exact) mass is 316 g/mol. The summed E-state index contributed by atoms with van der Waals surface area (Å²) in [6, 6.07) is 7.78. The van der Waals surface area contributed by atoms with Crippen LogP contribution in [0.15, 0.2) is 24.3 Å². The second-order valence-corrected chi connectivity index (χ2v) is 5.50. The minimum Gasteiger partial charge on any atom is -0.349 e. The van der Waals surface area contributed by atoms with Crippen LogP contribution in [-0.4, -0.2) is 19.0 Å². The van der Waals surface area contributed by atoms with E-state index in [0.29, 0.717) is 0 Å². The molecule has 112 valence electrons. The summed E-state index contributed by atoms with van der Waals surface area (Å²) in [5.74, 6) is 0.268. The van der Waals surface area contributed by atoms with Gasteiger partial charge < -0.3 is 10.6 Å². The van der Waals surface area contributed by atoms with Crippen molar-refractivity contribution in [1.29, 1.82) is 0 Å². The van der Waals surface area contributed by atoms with E-state index in [2.05, 4.69) is 17.6 Å². The number of carbonyl (C=O) groups is 1. The van der Waals surface area contributed by atoms with Gasteiger partial charge in [-0.15, -0.1) is 12.4 Å². The van der Waals surface area contributed by atoms with Gasteiger partial charge in [0, 0.05) is 11.6 Å². The highest BCUT2D eigenvalue weighted by atomic mass is 35.5. The van der Waals surface area contributed by atoms with Crippen LogP contribution in [-0.2, 0) is 4.79 Å². The molecule has 0 saturated carbocycles. The molecule has 1 aromatic rings. The first kappa shape index (κ1) is 17.3. The molecule has 1 heterocycles. The van der Waals surface area contributed by atoms with Crippen molar-refractivity contribution in [3.05, 3.63) is 34.9 Å². The molecule has 0 aromatic heterocycles. The van der Waals surface area contributed by atoms with E-state index in [1.54, 1.807) is 0 Å². The highest BCUT2D eigenvalue weighted by molar-refractivity contribution is 6.30. The van der Waals surface area contributed by atoms with E-state index >= 15 is 0 Å². The van der Waals surface area contributed by atoms with E-state index in [1.807, 2.05) is 24.3 Å². The van der Waals surface area contributed by atoms with Crippen LogP contribution in [0.1, 0.15) is 37.8 Å². The molecule has 0 aliphatic carbocycles. The summed E-state index contributed by atoms with van der Waals surface area (Å²) < 4.78 is 0. The van der Waals surface area contributed by atoms with E-state index in [9.17, 15) is 4.79 Å². The van der Waals surface area contributed by atoms with Crippen LogP contribution in [0.2, 0.25) is 5.02 Å². The zero-order chi connectivity index (χ0) is 13.7. The molecule has 0 bridgehead atoms. The van der Waals surface area contributed by atoms with Crippen LogP contribution in [0, 0.1) is 5.92 Å². The molecule has 20 heavy (non-hydrogen) atoms. The van der Waals surface area contributed by atoms with Gasteiger partial charge in [0.1, 0.15) is 0 Å². The van der Waals surface area contributed by atoms with Gasteiger partial charge in [-0.2, -0.15) is 0 Å². The molecule has 1 fully saturated rings. The summed E-state index contributed by atoms with van der Waals surface area (Å²) in [4.78, 5) is 12.2. The first-order valence-electron chi connectivity index (χ1n) is 6.97. The van der Waals surface area contributed by atoms with E-state index in [0.717, 1.165) is 42.9 Å². The Labute approximate surface area is 131 Å². The normalized spacial score (nSPS) is 19.8. The molecule has 0 radical (unpaired) electrons. The van der Waals surface area contributed by atoms with Crippen LogP contribution >= 0.6 is 24.0 Å². The molecule has 1 aromatic carbocycles. The molecular weight excluding hydrogens is 295 g/mol. The fourth-order valence-electron chi connectivity index (χ4n) is 2.48. The van der Waals surface area contributed by atoms with Gasteiger partial charge in [-0.3, -0.25) is 4.79 Å². The van der Waals surface area contributed by atoms with Gasteiger partial charge in [0.25, 0.3) is 0 Å². The molecule has 1 aliphatic heterocycles. The third kappa shape index (κ3) is 4.65. The lowest BCUT2D eigenvalue weighted by molar-refractivity contribution is -0.126. The lowest BCUT2D eigenvalue weighted by Gasteiger charge is -2.25. The van der Waals surface area contributed by atoms with E-state index in [-0.39, 0.29) is 30.3 Å². The summed E-state index contributed by atoms with van der Waals surface area (Å²) in [6.45, 7) is 3.90. The highest BCUT2D eigenvalue weighted by Crippen LogP contribution is 2.20. The lowest BCUT2D eigenvalue weighted by atomic mass is 9.97. The fraction of sp³-hybridized carbons (Fsp3) is 0.533. The molecule has 5 heteroatoms. The number of halogens is 2. The maximum Gasteiger partial charge on any atom is 0.224 e. The summed E-state index contributed by atoms with van der Waals surface area (Å²) in [6.07, 6.45) is 2.94. The average Bonchev–Trinajstić information content (AvgIpc) is 2.46. The first-order chi connectivity index (χ1) is 9.20. The van der Waals surface area contributed by atoms with Gasteiger partial charge >= 0.3 is 0 Å². The van der Waals surface area contributed by atoms with E-state index < -0.39 is 0 Å². The van der Waals surface area contributed by atoms with Crippen LogP contribution in [0.25, 0.3) is 0 Å². The quantitative estimate of drug-likeness (QED) is 0.894. The standard InChI is InChI=1S/C15H21ClN2O.ClH/c1-2-14(11-5-7-13(16)8-6-11)18-15(19)12-4-3-9-17-10-12;/h5-8,12,14,17H,2-4,9-10H2,1H3,(H,18,19);1H. The van der Waals surface area contributed by atoms with Crippen molar-refractivity contribution >= 4 is 29.9 Å². The van der Waals surface area contributed by atoms with Gasteiger partial charge in [-0.05, 0) is 43.5 Å². The molecule has 1 saturated heterocycles. The van der Waals surface area contributed by atoms with Crippen LogP contribution < -0.4 is 10.6 Å². The Morgan fingerprint density at radius 1 is 1.45 bits per heavy atom. The van der Waals surface area contributed by atoms with E-state index in [1.165, 1.54) is 0 Å². The fourth-order valence-corrected chi connectivity index (χ4v) is 2.61. The summed E-state index contributed by atoms with van der Waals surface area (Å²) in [7, 11) is 0. The maximum atomic E-state index is 12.2. The van der Waals surface area contributed by atoms with Gasteiger partial charge in [0.05, 0.1) is 12.0 Å². The first-order valence-corrected chi connectivity index (χ1v) is 7.35.